The fraction of sp³-hybridized carbons (Fsp3) is 0. The fourth-order valence-electron chi connectivity index (χ4n) is 1.31. The molecule has 2 aromatic rings. The van der Waals surface area contributed by atoms with Crippen LogP contribution in [0.4, 0.5) is 4.39 Å². The van der Waals surface area contributed by atoms with Gasteiger partial charge in [0.25, 0.3) is 0 Å². The maximum absolute atomic E-state index is 13.6. The first-order valence-electron chi connectivity index (χ1n) is 5.00. The normalized spacial score (nSPS) is 11.4. The van der Waals surface area contributed by atoms with Gasteiger partial charge in [0.2, 0.25) is 0 Å². The summed E-state index contributed by atoms with van der Waals surface area (Å²) < 4.78 is 13.6. The lowest BCUT2D eigenvalue weighted by Crippen LogP contribution is -1.72. The van der Waals surface area contributed by atoms with Crippen LogP contribution >= 0.6 is 11.8 Å². The summed E-state index contributed by atoms with van der Waals surface area (Å²) in [4.78, 5) is 0.909. The number of thioether (sulfide) groups is 1. The second kappa shape index (κ2) is 5.52. The molecular formula is C14H11FS. The summed E-state index contributed by atoms with van der Waals surface area (Å²) in [7, 11) is 0. The van der Waals surface area contributed by atoms with Crippen LogP contribution in [0.15, 0.2) is 70.7 Å². The maximum atomic E-state index is 13.6. The van der Waals surface area contributed by atoms with E-state index in [2.05, 4.69) is 0 Å². The van der Waals surface area contributed by atoms with Crippen LogP contribution in [0.5, 0.6) is 0 Å². The van der Waals surface area contributed by atoms with Crippen LogP contribution in [0.1, 0.15) is 5.56 Å². The van der Waals surface area contributed by atoms with Gasteiger partial charge in [0.1, 0.15) is 0 Å². The summed E-state index contributed by atoms with van der Waals surface area (Å²) >= 11 is 1.13. The highest BCUT2D eigenvalue weighted by Crippen LogP contribution is 2.28. The summed E-state index contributed by atoms with van der Waals surface area (Å²) in [6.07, 6.45) is 1.54. The summed E-state index contributed by atoms with van der Waals surface area (Å²) in [5, 5.41) is -0.197. The Hall–Kier alpha value is -1.54. The van der Waals surface area contributed by atoms with Gasteiger partial charge in [-0.15, -0.1) is 0 Å². The van der Waals surface area contributed by atoms with Crippen molar-refractivity contribution in [2.24, 2.45) is 0 Å². The van der Waals surface area contributed by atoms with Gasteiger partial charge < -0.3 is 0 Å². The third kappa shape index (κ3) is 3.24. The number of benzene rings is 2. The molecule has 0 amide bonds. The van der Waals surface area contributed by atoms with E-state index in [1.807, 2.05) is 60.7 Å². The molecule has 0 heterocycles. The third-order valence-corrected chi connectivity index (χ3v) is 2.86. The second-order valence-electron chi connectivity index (χ2n) is 3.27. The molecule has 0 atom stereocenters. The highest BCUT2D eigenvalue weighted by atomic mass is 32.2. The lowest BCUT2D eigenvalue weighted by molar-refractivity contribution is 0.706. The lowest BCUT2D eigenvalue weighted by Gasteiger charge is -1.98. The van der Waals surface area contributed by atoms with Crippen LogP contribution in [-0.2, 0) is 0 Å². The van der Waals surface area contributed by atoms with Crippen LogP contribution < -0.4 is 0 Å². The first-order valence-corrected chi connectivity index (χ1v) is 5.81. The molecule has 0 fully saturated rings. The van der Waals surface area contributed by atoms with Crippen LogP contribution in [0, 0.1) is 0 Å². The van der Waals surface area contributed by atoms with Crippen molar-refractivity contribution < 1.29 is 4.39 Å². The Morgan fingerprint density at radius 3 is 2.06 bits per heavy atom. The summed E-state index contributed by atoms with van der Waals surface area (Å²) in [6, 6.07) is 19.0. The number of hydrogen-bond donors (Lipinski definition) is 0. The molecule has 2 aromatic carbocycles. The monoisotopic (exact) mass is 230 g/mol. The van der Waals surface area contributed by atoms with Gasteiger partial charge in [0.15, 0.2) is 5.16 Å². The largest absolute Gasteiger partial charge is 0.199 e. The molecule has 0 spiro atoms. The first-order chi connectivity index (χ1) is 7.84. The molecule has 0 aliphatic carbocycles. The van der Waals surface area contributed by atoms with E-state index in [0.29, 0.717) is 0 Å². The summed E-state index contributed by atoms with van der Waals surface area (Å²) in [5.74, 6) is 0. The van der Waals surface area contributed by atoms with E-state index in [9.17, 15) is 4.39 Å². The Morgan fingerprint density at radius 2 is 1.44 bits per heavy atom. The number of halogens is 1. The van der Waals surface area contributed by atoms with Crippen LogP contribution in [0.2, 0.25) is 0 Å². The van der Waals surface area contributed by atoms with E-state index >= 15 is 0 Å². The third-order valence-electron chi connectivity index (χ3n) is 2.04. The molecule has 2 heteroatoms. The molecule has 0 aliphatic heterocycles. The van der Waals surface area contributed by atoms with Crippen molar-refractivity contribution in [2.75, 3.05) is 0 Å². The molecule has 0 bridgehead atoms. The highest BCUT2D eigenvalue weighted by molar-refractivity contribution is 8.03. The quantitative estimate of drug-likeness (QED) is 0.686. The average Bonchev–Trinajstić information content (AvgIpc) is 2.31. The Bertz CT molecular complexity index is 463. The van der Waals surface area contributed by atoms with Crippen LogP contribution in [0.3, 0.4) is 0 Å². The van der Waals surface area contributed by atoms with Crippen molar-refractivity contribution in [3.05, 3.63) is 71.4 Å². The number of rotatable bonds is 3. The Kier molecular flexibility index (Phi) is 3.78. The zero-order valence-electron chi connectivity index (χ0n) is 8.64. The van der Waals surface area contributed by atoms with E-state index in [0.717, 1.165) is 22.2 Å². The van der Waals surface area contributed by atoms with E-state index in [4.69, 9.17) is 0 Å². The highest BCUT2D eigenvalue weighted by Gasteiger charge is 1.98. The minimum atomic E-state index is -0.197. The van der Waals surface area contributed by atoms with Gasteiger partial charge in [-0.2, -0.15) is 4.39 Å². The predicted molar refractivity (Wildman–Crippen MR) is 67.8 cm³/mol. The average molecular weight is 230 g/mol. The molecular weight excluding hydrogens is 219 g/mol. The fourth-order valence-corrected chi connectivity index (χ4v) is 2.02. The predicted octanol–water partition coefficient (Wildman–Crippen LogP) is 4.75. The molecule has 0 N–H and O–H groups in total. The smallest absolute Gasteiger partial charge is 0.161 e. The van der Waals surface area contributed by atoms with Gasteiger partial charge in [-0.1, -0.05) is 60.3 Å². The molecule has 0 nitrogen and oxygen atoms in total. The Morgan fingerprint density at radius 1 is 0.875 bits per heavy atom. The molecule has 0 radical (unpaired) electrons. The standard InChI is InChI=1S/C14H11FS/c15-14(11-12-7-3-1-4-8-12)16-13-9-5-2-6-10-13/h1-11H/b14-11-. The Labute approximate surface area is 98.8 Å². The second-order valence-corrected chi connectivity index (χ2v) is 4.34. The number of hydrogen-bond acceptors (Lipinski definition) is 1. The van der Waals surface area contributed by atoms with E-state index in [-0.39, 0.29) is 5.16 Å². The zero-order valence-corrected chi connectivity index (χ0v) is 9.45. The van der Waals surface area contributed by atoms with Crippen LogP contribution in [-0.4, -0.2) is 0 Å². The van der Waals surface area contributed by atoms with Crippen molar-refractivity contribution in [2.45, 2.75) is 4.90 Å². The van der Waals surface area contributed by atoms with Gasteiger partial charge in [-0.25, -0.2) is 0 Å². The summed E-state index contributed by atoms with van der Waals surface area (Å²) in [6.45, 7) is 0. The SMILES string of the molecule is F/C(=C/c1ccccc1)Sc1ccccc1. The molecule has 0 aliphatic rings. The van der Waals surface area contributed by atoms with Gasteiger partial charge in [-0.3, -0.25) is 0 Å². The van der Waals surface area contributed by atoms with Gasteiger partial charge in [0.05, 0.1) is 0 Å². The van der Waals surface area contributed by atoms with Crippen LogP contribution in [0.25, 0.3) is 6.08 Å². The minimum absolute atomic E-state index is 0.197. The molecule has 2 rings (SSSR count). The molecule has 16 heavy (non-hydrogen) atoms. The van der Waals surface area contributed by atoms with E-state index < -0.39 is 0 Å². The molecule has 0 aromatic heterocycles. The zero-order chi connectivity index (χ0) is 11.2. The maximum Gasteiger partial charge on any atom is 0.161 e. The van der Waals surface area contributed by atoms with E-state index in [1.54, 1.807) is 0 Å². The van der Waals surface area contributed by atoms with Gasteiger partial charge in [-0.05, 0) is 23.8 Å². The van der Waals surface area contributed by atoms with Crippen molar-refractivity contribution >= 4 is 17.8 Å². The first kappa shape index (κ1) is 11.0. The van der Waals surface area contributed by atoms with Gasteiger partial charge >= 0.3 is 0 Å². The molecule has 80 valence electrons. The van der Waals surface area contributed by atoms with E-state index in [1.165, 1.54) is 6.08 Å². The van der Waals surface area contributed by atoms with Crippen molar-refractivity contribution in [3.8, 4) is 0 Å². The topological polar surface area (TPSA) is 0 Å². The molecule has 0 saturated carbocycles. The van der Waals surface area contributed by atoms with Crippen molar-refractivity contribution in [1.82, 2.24) is 0 Å². The minimum Gasteiger partial charge on any atom is -0.199 e. The molecule has 0 saturated heterocycles. The lowest BCUT2D eigenvalue weighted by atomic mass is 10.2. The van der Waals surface area contributed by atoms with Crippen molar-refractivity contribution in [1.29, 1.82) is 0 Å². The summed E-state index contributed by atoms with van der Waals surface area (Å²) in [5.41, 5.74) is 0.878. The van der Waals surface area contributed by atoms with Gasteiger partial charge in [0, 0.05) is 4.90 Å². The molecule has 0 unspecified atom stereocenters. The van der Waals surface area contributed by atoms with Crippen molar-refractivity contribution in [3.63, 3.8) is 0 Å². The Balaban J connectivity index is 2.09.